The van der Waals surface area contributed by atoms with Crippen LogP contribution < -0.4 is 14.8 Å². The van der Waals surface area contributed by atoms with Gasteiger partial charge in [-0.1, -0.05) is 26.0 Å². The van der Waals surface area contributed by atoms with Crippen LogP contribution in [0.15, 0.2) is 36.4 Å². The standard InChI is InChI=1S/C22H27NO5/c1-13(2)17-9-7-14(3)11-20(17)28-15(4)21(24)23-18-12-16(22(25)27-6)8-10-19(18)26-5/h7-13,15H,1-6H3,(H,23,24)/t15-/m1/s1. The van der Waals surface area contributed by atoms with E-state index < -0.39 is 12.1 Å². The summed E-state index contributed by atoms with van der Waals surface area (Å²) in [4.78, 5) is 24.5. The van der Waals surface area contributed by atoms with Crippen molar-refractivity contribution in [1.82, 2.24) is 0 Å². The van der Waals surface area contributed by atoms with Crippen LogP contribution in [0.5, 0.6) is 11.5 Å². The van der Waals surface area contributed by atoms with E-state index in [1.807, 2.05) is 25.1 Å². The second-order valence-electron chi connectivity index (χ2n) is 6.85. The molecule has 6 nitrogen and oxygen atoms in total. The molecule has 0 aliphatic heterocycles. The second kappa shape index (κ2) is 9.26. The zero-order valence-corrected chi connectivity index (χ0v) is 17.2. The van der Waals surface area contributed by atoms with Crippen LogP contribution in [0.25, 0.3) is 0 Å². The van der Waals surface area contributed by atoms with Crippen molar-refractivity contribution in [2.24, 2.45) is 0 Å². The number of amides is 1. The maximum atomic E-state index is 12.7. The van der Waals surface area contributed by atoms with Gasteiger partial charge >= 0.3 is 5.97 Å². The first kappa shape index (κ1) is 21.3. The topological polar surface area (TPSA) is 73.9 Å². The van der Waals surface area contributed by atoms with Crippen LogP contribution in [0.1, 0.15) is 48.2 Å². The number of carbonyl (C=O) groups excluding carboxylic acids is 2. The van der Waals surface area contributed by atoms with Crippen molar-refractivity contribution >= 4 is 17.6 Å². The number of anilines is 1. The molecular weight excluding hydrogens is 358 g/mol. The molecule has 2 rings (SSSR count). The maximum absolute atomic E-state index is 12.7. The Morgan fingerprint density at radius 3 is 2.29 bits per heavy atom. The Hall–Kier alpha value is -3.02. The fourth-order valence-electron chi connectivity index (χ4n) is 2.75. The lowest BCUT2D eigenvalue weighted by atomic mass is 10.0. The number of aryl methyl sites for hydroxylation is 1. The van der Waals surface area contributed by atoms with Gasteiger partial charge in [0.05, 0.1) is 25.5 Å². The van der Waals surface area contributed by atoms with Crippen molar-refractivity contribution in [3.63, 3.8) is 0 Å². The summed E-state index contributed by atoms with van der Waals surface area (Å²) in [5.41, 5.74) is 2.78. The van der Waals surface area contributed by atoms with Crippen LogP contribution in [-0.2, 0) is 9.53 Å². The van der Waals surface area contributed by atoms with E-state index >= 15 is 0 Å². The number of carbonyl (C=O) groups is 2. The third-order valence-electron chi connectivity index (χ3n) is 4.34. The Kier molecular flexibility index (Phi) is 7.04. The van der Waals surface area contributed by atoms with Crippen LogP contribution in [0.2, 0.25) is 0 Å². The van der Waals surface area contributed by atoms with Gasteiger partial charge in [-0.3, -0.25) is 4.79 Å². The van der Waals surface area contributed by atoms with Crippen LogP contribution in [0, 0.1) is 6.92 Å². The highest BCUT2D eigenvalue weighted by atomic mass is 16.5. The van der Waals surface area contributed by atoms with Gasteiger partial charge in [0.1, 0.15) is 11.5 Å². The van der Waals surface area contributed by atoms with E-state index in [4.69, 9.17) is 14.2 Å². The van der Waals surface area contributed by atoms with E-state index in [0.29, 0.717) is 22.7 Å². The highest BCUT2D eigenvalue weighted by Gasteiger charge is 2.20. The van der Waals surface area contributed by atoms with Crippen molar-refractivity contribution in [1.29, 1.82) is 0 Å². The summed E-state index contributed by atoms with van der Waals surface area (Å²) in [6.07, 6.45) is -0.745. The summed E-state index contributed by atoms with van der Waals surface area (Å²) in [5.74, 6) is 0.544. The van der Waals surface area contributed by atoms with Gasteiger partial charge in [0.15, 0.2) is 6.10 Å². The van der Waals surface area contributed by atoms with Crippen molar-refractivity contribution in [3.8, 4) is 11.5 Å². The molecule has 0 aromatic heterocycles. The molecule has 0 aliphatic carbocycles. The van der Waals surface area contributed by atoms with Crippen molar-refractivity contribution < 1.29 is 23.8 Å². The zero-order valence-electron chi connectivity index (χ0n) is 17.2. The van der Waals surface area contributed by atoms with Gasteiger partial charge in [-0.2, -0.15) is 0 Å². The fraction of sp³-hybridized carbons (Fsp3) is 0.364. The number of hydrogen-bond donors (Lipinski definition) is 1. The van der Waals surface area contributed by atoms with Gasteiger partial charge in [-0.25, -0.2) is 4.79 Å². The molecule has 0 heterocycles. The number of esters is 1. The molecule has 1 atom stereocenters. The molecule has 6 heteroatoms. The minimum atomic E-state index is -0.745. The minimum Gasteiger partial charge on any atom is -0.495 e. The lowest BCUT2D eigenvalue weighted by Crippen LogP contribution is -2.30. The van der Waals surface area contributed by atoms with Gasteiger partial charge in [0.2, 0.25) is 0 Å². The summed E-state index contributed by atoms with van der Waals surface area (Å²) in [6.45, 7) is 7.81. The van der Waals surface area contributed by atoms with Crippen LogP contribution in [0.3, 0.4) is 0 Å². The minimum absolute atomic E-state index is 0.266. The third-order valence-corrected chi connectivity index (χ3v) is 4.34. The lowest BCUT2D eigenvalue weighted by Gasteiger charge is -2.20. The van der Waals surface area contributed by atoms with E-state index in [-0.39, 0.29) is 11.8 Å². The number of hydrogen-bond acceptors (Lipinski definition) is 5. The van der Waals surface area contributed by atoms with E-state index in [0.717, 1.165) is 11.1 Å². The number of benzene rings is 2. The van der Waals surface area contributed by atoms with Crippen molar-refractivity contribution in [2.75, 3.05) is 19.5 Å². The van der Waals surface area contributed by atoms with E-state index in [1.165, 1.54) is 20.3 Å². The Morgan fingerprint density at radius 2 is 1.68 bits per heavy atom. The normalized spacial score (nSPS) is 11.7. The molecule has 0 unspecified atom stereocenters. The number of nitrogens with one attached hydrogen (secondary N) is 1. The molecule has 1 amide bonds. The van der Waals surface area contributed by atoms with Crippen molar-refractivity contribution in [2.45, 2.75) is 39.7 Å². The first-order valence-corrected chi connectivity index (χ1v) is 9.11. The molecule has 28 heavy (non-hydrogen) atoms. The zero-order chi connectivity index (χ0) is 20.8. The first-order chi connectivity index (χ1) is 13.3. The van der Waals surface area contributed by atoms with Crippen LogP contribution in [0.4, 0.5) is 5.69 Å². The highest BCUT2D eigenvalue weighted by Crippen LogP contribution is 2.29. The predicted molar refractivity (Wildman–Crippen MR) is 108 cm³/mol. The van der Waals surface area contributed by atoms with Crippen LogP contribution >= 0.6 is 0 Å². The Morgan fingerprint density at radius 1 is 0.964 bits per heavy atom. The van der Waals surface area contributed by atoms with Crippen molar-refractivity contribution in [3.05, 3.63) is 53.1 Å². The Balaban J connectivity index is 2.21. The molecule has 0 radical (unpaired) electrons. The SMILES string of the molecule is COC(=O)c1ccc(OC)c(NC(=O)[C@@H](C)Oc2cc(C)ccc2C(C)C)c1. The highest BCUT2D eigenvalue weighted by molar-refractivity contribution is 5.98. The molecule has 0 spiro atoms. The third kappa shape index (κ3) is 5.03. The molecule has 2 aromatic carbocycles. The molecule has 0 aliphatic rings. The molecule has 0 saturated heterocycles. The smallest absolute Gasteiger partial charge is 0.337 e. The predicted octanol–water partition coefficient (Wildman–Crippen LogP) is 4.32. The van der Waals surface area contributed by atoms with Gasteiger partial charge in [-0.15, -0.1) is 0 Å². The monoisotopic (exact) mass is 385 g/mol. The number of rotatable bonds is 7. The molecular formula is C22H27NO5. The summed E-state index contributed by atoms with van der Waals surface area (Å²) in [6, 6.07) is 10.7. The molecule has 2 aromatic rings. The molecule has 0 bridgehead atoms. The molecule has 1 N–H and O–H groups in total. The summed E-state index contributed by atoms with van der Waals surface area (Å²) < 4.78 is 15.9. The maximum Gasteiger partial charge on any atom is 0.337 e. The van der Waals surface area contributed by atoms with Gasteiger partial charge in [-0.05, 0) is 55.2 Å². The molecule has 0 saturated carbocycles. The second-order valence-corrected chi connectivity index (χ2v) is 6.85. The van der Waals surface area contributed by atoms with Gasteiger partial charge in [0, 0.05) is 0 Å². The molecule has 150 valence electrons. The van der Waals surface area contributed by atoms with Crippen LogP contribution in [-0.4, -0.2) is 32.2 Å². The fourth-order valence-corrected chi connectivity index (χ4v) is 2.75. The van der Waals surface area contributed by atoms with Gasteiger partial charge in [0.25, 0.3) is 5.91 Å². The quantitative estimate of drug-likeness (QED) is 0.719. The summed E-state index contributed by atoms with van der Waals surface area (Å²) in [7, 11) is 2.79. The van der Waals surface area contributed by atoms with E-state index in [9.17, 15) is 9.59 Å². The van der Waals surface area contributed by atoms with E-state index in [1.54, 1.807) is 19.1 Å². The summed E-state index contributed by atoms with van der Waals surface area (Å²) >= 11 is 0. The number of methoxy groups -OCH3 is 2. The Bertz CT molecular complexity index is 860. The Labute approximate surface area is 165 Å². The lowest BCUT2D eigenvalue weighted by molar-refractivity contribution is -0.122. The molecule has 0 fully saturated rings. The number of ether oxygens (including phenoxy) is 3. The largest absolute Gasteiger partial charge is 0.495 e. The average Bonchev–Trinajstić information content (AvgIpc) is 2.66. The first-order valence-electron chi connectivity index (χ1n) is 9.11. The van der Waals surface area contributed by atoms with E-state index in [2.05, 4.69) is 19.2 Å². The van der Waals surface area contributed by atoms with Gasteiger partial charge < -0.3 is 19.5 Å². The average molecular weight is 385 g/mol. The summed E-state index contributed by atoms with van der Waals surface area (Å²) in [5, 5.41) is 2.77.